The summed E-state index contributed by atoms with van der Waals surface area (Å²) < 4.78 is 52.5. The molecule has 8 rings (SSSR count). The Morgan fingerprint density at radius 3 is 2.65 bits per heavy atom. The first-order chi connectivity index (χ1) is 23.7. The number of aromatic nitrogens is 8. The lowest BCUT2D eigenvalue weighted by molar-refractivity contribution is -0.132. The third kappa shape index (κ3) is 5.28. The molecule has 49 heavy (non-hydrogen) atoms. The van der Waals surface area contributed by atoms with Gasteiger partial charge in [-0.2, -0.15) is 5.10 Å². The van der Waals surface area contributed by atoms with Gasteiger partial charge in [-0.3, -0.25) is 4.79 Å². The van der Waals surface area contributed by atoms with Crippen LogP contribution in [0.2, 0.25) is 0 Å². The van der Waals surface area contributed by atoms with Gasteiger partial charge in [0.2, 0.25) is 11.9 Å². The zero-order valence-electron chi connectivity index (χ0n) is 26.7. The molecule has 6 heterocycles. The summed E-state index contributed by atoms with van der Waals surface area (Å²) in [6.07, 6.45) is 4.36. The van der Waals surface area contributed by atoms with Gasteiger partial charge in [0.25, 0.3) is 0 Å². The number of halogens is 3. The molecule has 250 valence electrons. The van der Waals surface area contributed by atoms with Crippen molar-refractivity contribution in [1.82, 2.24) is 44.2 Å². The summed E-state index contributed by atoms with van der Waals surface area (Å²) >= 11 is 0. The lowest BCUT2D eigenvalue weighted by Crippen LogP contribution is -2.47. The van der Waals surface area contributed by atoms with Crippen LogP contribution in [0.3, 0.4) is 0 Å². The standard InChI is InChI=1S/C33H30F3N11O2/c1-17-41-26-10-19(35)8-22-25-6-7-37-33(43-25)42-20-11-28(32(48)44(2)14-21(49-3)15-45(17)29(22)26)46(13-20)30-23-12-40-47(31(23)39-16-38-30)27-5-4-18(34)9-24(27)36/h4-10,12,16,20-21,28H,11,13-15H2,1-3H3,(H,37,42,43)/t20-,21?,28-/m0/s1. The molecule has 0 spiro atoms. The zero-order chi connectivity index (χ0) is 34.0. The van der Waals surface area contributed by atoms with E-state index in [4.69, 9.17) is 9.72 Å². The molecule has 16 heteroatoms. The van der Waals surface area contributed by atoms with Gasteiger partial charge in [0.15, 0.2) is 11.5 Å². The van der Waals surface area contributed by atoms with Crippen molar-refractivity contribution in [3.8, 4) is 16.9 Å². The van der Waals surface area contributed by atoms with E-state index in [1.54, 1.807) is 31.3 Å². The number of hydrogen-bond donors (Lipinski definition) is 1. The highest BCUT2D eigenvalue weighted by atomic mass is 19.1. The Hall–Kier alpha value is -5.64. The highest BCUT2D eigenvalue weighted by Gasteiger charge is 2.41. The van der Waals surface area contributed by atoms with E-state index < -0.39 is 29.6 Å². The Labute approximate surface area is 277 Å². The molecule has 13 nitrogen and oxygen atoms in total. The Bertz CT molecular complexity index is 2260. The lowest BCUT2D eigenvalue weighted by Gasteiger charge is -2.30. The van der Waals surface area contributed by atoms with Gasteiger partial charge in [0.05, 0.1) is 41.0 Å². The molecule has 0 aliphatic carbocycles. The zero-order valence-corrected chi connectivity index (χ0v) is 26.7. The van der Waals surface area contributed by atoms with Gasteiger partial charge in [-0.15, -0.1) is 0 Å². The number of carbonyl (C=O) groups excluding carboxylic acids is 1. The molecule has 1 unspecified atom stereocenters. The van der Waals surface area contributed by atoms with E-state index in [2.05, 4.69) is 30.4 Å². The van der Waals surface area contributed by atoms with Gasteiger partial charge < -0.3 is 24.4 Å². The van der Waals surface area contributed by atoms with Crippen LogP contribution < -0.4 is 10.2 Å². The minimum atomic E-state index is -0.801. The number of methoxy groups -OCH3 is 1. The summed E-state index contributed by atoms with van der Waals surface area (Å²) in [5.41, 5.74) is 2.56. The summed E-state index contributed by atoms with van der Waals surface area (Å²) in [4.78, 5) is 40.6. The Morgan fingerprint density at radius 1 is 0.980 bits per heavy atom. The predicted octanol–water partition coefficient (Wildman–Crippen LogP) is 3.89. The van der Waals surface area contributed by atoms with E-state index in [1.807, 2.05) is 16.4 Å². The normalized spacial score (nSPS) is 19.7. The number of nitrogens with one attached hydrogen (secondary N) is 1. The number of nitrogens with zero attached hydrogens (tertiary/aromatic N) is 10. The third-order valence-corrected chi connectivity index (χ3v) is 9.18. The molecule has 3 atom stereocenters. The highest BCUT2D eigenvalue weighted by Crippen LogP contribution is 2.34. The SMILES string of the molecule is COC1CN(C)C(=O)[C@@H]2C[C@@H](CN2c2ncnc3c2cnn3-c2ccc(F)cc2F)Nc2nccc(n2)-c2cc(F)cc3nc(C)n(c23)C1. The first-order valence-corrected chi connectivity index (χ1v) is 15.6. The fourth-order valence-electron chi connectivity index (χ4n) is 6.89. The number of carbonyl (C=O) groups is 1. The molecule has 1 saturated heterocycles. The molecule has 1 fully saturated rings. The quantitative estimate of drug-likeness (QED) is 0.296. The predicted molar refractivity (Wildman–Crippen MR) is 174 cm³/mol. The van der Waals surface area contributed by atoms with Crippen LogP contribution >= 0.6 is 0 Å². The summed E-state index contributed by atoms with van der Waals surface area (Å²) in [5, 5.41) is 8.21. The van der Waals surface area contributed by atoms with Gasteiger partial charge in [0, 0.05) is 57.2 Å². The maximum atomic E-state index is 14.9. The largest absolute Gasteiger partial charge is 0.378 e. The fourth-order valence-corrected chi connectivity index (χ4v) is 6.89. The van der Waals surface area contributed by atoms with Gasteiger partial charge in [-0.05, 0) is 37.6 Å². The molecular formula is C33H30F3N11O2. The summed E-state index contributed by atoms with van der Waals surface area (Å²) in [6, 6.07) is 6.78. The van der Waals surface area contributed by atoms with E-state index in [-0.39, 0.29) is 29.8 Å². The van der Waals surface area contributed by atoms with E-state index in [1.165, 1.54) is 35.4 Å². The monoisotopic (exact) mass is 669 g/mol. The van der Waals surface area contributed by atoms with Crippen molar-refractivity contribution in [3.63, 3.8) is 0 Å². The van der Waals surface area contributed by atoms with Gasteiger partial charge in [-0.25, -0.2) is 42.8 Å². The second kappa shape index (κ2) is 11.8. The summed E-state index contributed by atoms with van der Waals surface area (Å²) in [5.74, 6) is -0.734. The molecule has 0 saturated carbocycles. The number of rotatable bonds is 3. The smallest absolute Gasteiger partial charge is 0.245 e. The molecule has 2 aliphatic rings. The molecule has 4 bridgehead atoms. The number of likely N-dealkylation sites (N-methyl/N-ethyl adjacent to an activating group) is 1. The fraction of sp³-hybridized carbons (Fsp3) is 0.303. The highest BCUT2D eigenvalue weighted by molar-refractivity contribution is 5.93. The molecule has 1 amide bonds. The van der Waals surface area contributed by atoms with Crippen molar-refractivity contribution < 1.29 is 22.7 Å². The van der Waals surface area contributed by atoms with E-state index in [0.717, 1.165) is 12.1 Å². The lowest BCUT2D eigenvalue weighted by atomic mass is 10.1. The second-order valence-corrected chi connectivity index (χ2v) is 12.3. The van der Waals surface area contributed by atoms with Crippen LogP contribution in [-0.2, 0) is 16.1 Å². The average molecular weight is 670 g/mol. The minimum Gasteiger partial charge on any atom is -0.378 e. The van der Waals surface area contributed by atoms with Crippen molar-refractivity contribution in [2.24, 2.45) is 0 Å². The molecule has 6 aromatic rings. The maximum Gasteiger partial charge on any atom is 0.245 e. The van der Waals surface area contributed by atoms with E-state index in [0.29, 0.717) is 64.8 Å². The van der Waals surface area contributed by atoms with Crippen molar-refractivity contribution in [1.29, 1.82) is 0 Å². The van der Waals surface area contributed by atoms with Gasteiger partial charge >= 0.3 is 0 Å². The minimum absolute atomic E-state index is 0.0188. The molecule has 1 N–H and O–H groups in total. The first kappa shape index (κ1) is 30.7. The van der Waals surface area contributed by atoms with Crippen LogP contribution in [0.5, 0.6) is 0 Å². The average Bonchev–Trinajstić information content (AvgIpc) is 3.78. The van der Waals surface area contributed by atoms with Gasteiger partial charge in [0.1, 0.15) is 41.3 Å². The number of benzene rings is 2. The van der Waals surface area contributed by atoms with Crippen LogP contribution in [0, 0.1) is 24.4 Å². The van der Waals surface area contributed by atoms with Crippen LogP contribution in [-0.4, -0.2) is 95.5 Å². The summed E-state index contributed by atoms with van der Waals surface area (Å²) in [7, 11) is 3.31. The number of ether oxygens (including phenoxy) is 1. The van der Waals surface area contributed by atoms with E-state index in [9.17, 15) is 18.0 Å². The molecule has 4 aromatic heterocycles. The Kier molecular flexibility index (Phi) is 7.39. The first-order valence-electron chi connectivity index (χ1n) is 15.6. The number of anilines is 2. The Morgan fingerprint density at radius 2 is 1.84 bits per heavy atom. The molecule has 0 radical (unpaired) electrons. The van der Waals surface area contributed by atoms with Crippen LogP contribution in [0.15, 0.2) is 55.1 Å². The van der Waals surface area contributed by atoms with Crippen molar-refractivity contribution in [3.05, 3.63) is 78.4 Å². The van der Waals surface area contributed by atoms with Crippen LogP contribution in [0.25, 0.3) is 39.0 Å². The second-order valence-electron chi connectivity index (χ2n) is 12.3. The molecule has 2 aliphatic heterocycles. The van der Waals surface area contributed by atoms with Crippen LogP contribution in [0.1, 0.15) is 12.2 Å². The molecular weight excluding hydrogens is 639 g/mol. The summed E-state index contributed by atoms with van der Waals surface area (Å²) in [6.45, 7) is 2.76. The maximum absolute atomic E-state index is 14.9. The number of amides is 1. The van der Waals surface area contributed by atoms with Crippen molar-refractivity contribution in [2.75, 3.05) is 37.5 Å². The van der Waals surface area contributed by atoms with Crippen molar-refractivity contribution in [2.45, 2.75) is 38.1 Å². The number of fused-ring (bicyclic) bond motifs is 6. The number of aryl methyl sites for hydroxylation is 1. The molecule has 2 aromatic carbocycles. The Balaban J connectivity index is 1.22. The van der Waals surface area contributed by atoms with Crippen LogP contribution in [0.4, 0.5) is 24.9 Å². The third-order valence-electron chi connectivity index (χ3n) is 9.18. The van der Waals surface area contributed by atoms with E-state index >= 15 is 0 Å². The number of hydrogen-bond acceptors (Lipinski definition) is 10. The van der Waals surface area contributed by atoms with Gasteiger partial charge in [-0.1, -0.05) is 0 Å². The topological polar surface area (TPSA) is 132 Å². The van der Waals surface area contributed by atoms with Crippen molar-refractivity contribution >= 4 is 39.7 Å². The number of imidazole rings is 1.